The molecule has 0 bridgehead atoms. The summed E-state index contributed by atoms with van der Waals surface area (Å²) in [5, 5.41) is 9.67. The Morgan fingerprint density at radius 1 is 1.44 bits per heavy atom. The van der Waals surface area contributed by atoms with Gasteiger partial charge in [-0.1, -0.05) is 6.07 Å². The van der Waals surface area contributed by atoms with E-state index in [4.69, 9.17) is 15.2 Å². The molecule has 1 saturated heterocycles. The van der Waals surface area contributed by atoms with Crippen LogP contribution in [0.3, 0.4) is 0 Å². The van der Waals surface area contributed by atoms with Gasteiger partial charge in [-0.3, -0.25) is 0 Å². The Morgan fingerprint density at radius 2 is 2.17 bits per heavy atom. The first kappa shape index (κ1) is 13.2. The van der Waals surface area contributed by atoms with Crippen molar-refractivity contribution in [1.29, 1.82) is 0 Å². The van der Waals surface area contributed by atoms with Crippen molar-refractivity contribution in [1.82, 2.24) is 0 Å². The zero-order valence-electron chi connectivity index (χ0n) is 10.8. The van der Waals surface area contributed by atoms with E-state index in [1.165, 1.54) is 0 Å². The van der Waals surface area contributed by atoms with Gasteiger partial charge in [0.25, 0.3) is 0 Å². The van der Waals surface area contributed by atoms with E-state index in [0.717, 1.165) is 31.6 Å². The van der Waals surface area contributed by atoms with Crippen molar-refractivity contribution in [2.45, 2.75) is 25.8 Å². The maximum atomic E-state index is 9.67. The van der Waals surface area contributed by atoms with Crippen LogP contribution in [0.4, 0.5) is 0 Å². The lowest BCUT2D eigenvalue weighted by atomic mass is 9.88. The number of aromatic hydroxyl groups is 1. The van der Waals surface area contributed by atoms with Gasteiger partial charge in [0.05, 0.1) is 6.61 Å². The van der Waals surface area contributed by atoms with Gasteiger partial charge in [-0.05, 0) is 43.4 Å². The van der Waals surface area contributed by atoms with Crippen LogP contribution in [0.5, 0.6) is 11.5 Å². The van der Waals surface area contributed by atoms with E-state index in [1.807, 2.05) is 19.1 Å². The minimum atomic E-state index is -0.0197. The van der Waals surface area contributed by atoms with Crippen molar-refractivity contribution in [3.05, 3.63) is 23.8 Å². The molecular formula is C14H21NO3. The highest BCUT2D eigenvalue weighted by molar-refractivity contribution is 5.42. The molecule has 1 fully saturated rings. The standard InChI is InChI=1S/C14H21NO3/c1-2-18-13-9-11(3-4-12(13)16)14(15)10-5-7-17-8-6-10/h3-4,9-10,14,16H,2,5-8,15H2,1H3/t14-/m0/s1. The van der Waals surface area contributed by atoms with Crippen LogP contribution in [0, 0.1) is 5.92 Å². The van der Waals surface area contributed by atoms with Crippen molar-refractivity contribution in [3.8, 4) is 11.5 Å². The van der Waals surface area contributed by atoms with Gasteiger partial charge in [-0.15, -0.1) is 0 Å². The van der Waals surface area contributed by atoms with Crippen molar-refractivity contribution < 1.29 is 14.6 Å². The van der Waals surface area contributed by atoms with E-state index >= 15 is 0 Å². The van der Waals surface area contributed by atoms with Crippen molar-refractivity contribution in [2.75, 3.05) is 19.8 Å². The number of benzene rings is 1. The molecule has 1 aromatic rings. The van der Waals surface area contributed by atoms with Gasteiger partial charge in [-0.25, -0.2) is 0 Å². The average molecular weight is 251 g/mol. The molecule has 0 aliphatic carbocycles. The zero-order valence-corrected chi connectivity index (χ0v) is 10.8. The molecule has 4 nitrogen and oxygen atoms in total. The molecular weight excluding hydrogens is 230 g/mol. The average Bonchev–Trinajstić information content (AvgIpc) is 2.42. The Kier molecular flexibility index (Phi) is 4.44. The largest absolute Gasteiger partial charge is 0.504 e. The lowest BCUT2D eigenvalue weighted by molar-refractivity contribution is 0.0583. The van der Waals surface area contributed by atoms with Crippen molar-refractivity contribution >= 4 is 0 Å². The molecule has 3 N–H and O–H groups in total. The predicted octanol–water partition coefficient (Wildman–Crippen LogP) is 2.22. The SMILES string of the molecule is CCOc1cc([C@@H](N)C2CCOCC2)ccc1O. The van der Waals surface area contributed by atoms with Crippen LogP contribution < -0.4 is 10.5 Å². The number of hydrogen-bond donors (Lipinski definition) is 2. The third kappa shape index (κ3) is 2.94. The highest BCUT2D eigenvalue weighted by Gasteiger charge is 2.23. The van der Waals surface area contributed by atoms with Gasteiger partial charge in [0.2, 0.25) is 0 Å². The Bertz CT molecular complexity index is 389. The van der Waals surface area contributed by atoms with Gasteiger partial charge in [0.1, 0.15) is 0 Å². The highest BCUT2D eigenvalue weighted by atomic mass is 16.5. The minimum Gasteiger partial charge on any atom is -0.504 e. The van der Waals surface area contributed by atoms with E-state index in [-0.39, 0.29) is 11.8 Å². The van der Waals surface area contributed by atoms with Gasteiger partial charge in [0.15, 0.2) is 11.5 Å². The Balaban J connectivity index is 2.13. The zero-order chi connectivity index (χ0) is 13.0. The van der Waals surface area contributed by atoms with Gasteiger partial charge >= 0.3 is 0 Å². The smallest absolute Gasteiger partial charge is 0.161 e. The Labute approximate surface area is 108 Å². The fourth-order valence-electron chi connectivity index (χ4n) is 2.36. The molecule has 1 heterocycles. The van der Waals surface area contributed by atoms with Gasteiger partial charge in [-0.2, -0.15) is 0 Å². The van der Waals surface area contributed by atoms with Crippen LogP contribution >= 0.6 is 0 Å². The summed E-state index contributed by atoms with van der Waals surface area (Å²) in [6, 6.07) is 5.35. The van der Waals surface area contributed by atoms with Gasteiger partial charge < -0.3 is 20.3 Å². The first-order chi connectivity index (χ1) is 8.72. The van der Waals surface area contributed by atoms with Crippen LogP contribution in [-0.2, 0) is 4.74 Å². The lowest BCUT2D eigenvalue weighted by Crippen LogP contribution is -2.27. The number of phenolic OH excluding ortho intramolecular Hbond substituents is 1. The summed E-state index contributed by atoms with van der Waals surface area (Å²) in [5.41, 5.74) is 7.31. The van der Waals surface area contributed by atoms with Crippen LogP contribution in [0.2, 0.25) is 0 Å². The summed E-state index contributed by atoms with van der Waals surface area (Å²) in [5.74, 6) is 1.12. The molecule has 0 unspecified atom stereocenters. The topological polar surface area (TPSA) is 64.7 Å². The van der Waals surface area contributed by atoms with Crippen LogP contribution in [0.1, 0.15) is 31.4 Å². The molecule has 0 aromatic heterocycles. The molecule has 1 aliphatic heterocycles. The summed E-state index contributed by atoms with van der Waals surface area (Å²) < 4.78 is 10.7. The van der Waals surface area contributed by atoms with Crippen molar-refractivity contribution in [3.63, 3.8) is 0 Å². The molecule has 1 atom stereocenters. The Morgan fingerprint density at radius 3 is 2.83 bits per heavy atom. The summed E-state index contributed by atoms with van der Waals surface area (Å²) >= 11 is 0. The molecule has 0 saturated carbocycles. The van der Waals surface area contributed by atoms with E-state index in [0.29, 0.717) is 18.3 Å². The molecule has 0 radical (unpaired) electrons. The third-order valence-electron chi connectivity index (χ3n) is 3.44. The van der Waals surface area contributed by atoms with E-state index in [1.54, 1.807) is 6.07 Å². The van der Waals surface area contributed by atoms with Crippen LogP contribution in [0.25, 0.3) is 0 Å². The summed E-state index contributed by atoms with van der Waals surface area (Å²) in [6.07, 6.45) is 1.98. The van der Waals surface area contributed by atoms with E-state index < -0.39 is 0 Å². The number of rotatable bonds is 4. The third-order valence-corrected chi connectivity index (χ3v) is 3.44. The Hall–Kier alpha value is -1.26. The maximum Gasteiger partial charge on any atom is 0.161 e. The number of nitrogens with two attached hydrogens (primary N) is 1. The second-order valence-corrected chi connectivity index (χ2v) is 4.64. The highest BCUT2D eigenvalue weighted by Crippen LogP contribution is 2.33. The normalized spacial score (nSPS) is 18.6. The van der Waals surface area contributed by atoms with Crippen molar-refractivity contribution in [2.24, 2.45) is 11.7 Å². The maximum absolute atomic E-state index is 9.67. The minimum absolute atomic E-state index is 0.0197. The summed E-state index contributed by atoms with van der Waals surface area (Å²) in [4.78, 5) is 0. The van der Waals surface area contributed by atoms with E-state index in [9.17, 15) is 5.11 Å². The molecule has 0 amide bonds. The molecule has 2 rings (SSSR count). The molecule has 18 heavy (non-hydrogen) atoms. The fourth-order valence-corrected chi connectivity index (χ4v) is 2.36. The van der Waals surface area contributed by atoms with Crippen LogP contribution in [0.15, 0.2) is 18.2 Å². The summed E-state index contributed by atoms with van der Waals surface area (Å²) in [7, 11) is 0. The number of ether oxygens (including phenoxy) is 2. The summed E-state index contributed by atoms with van der Waals surface area (Å²) in [6.45, 7) is 4.00. The molecule has 0 spiro atoms. The van der Waals surface area contributed by atoms with Gasteiger partial charge in [0, 0.05) is 19.3 Å². The lowest BCUT2D eigenvalue weighted by Gasteiger charge is -2.28. The van der Waals surface area contributed by atoms with Crippen LogP contribution in [-0.4, -0.2) is 24.9 Å². The molecule has 4 heteroatoms. The number of hydrogen-bond acceptors (Lipinski definition) is 4. The molecule has 100 valence electrons. The fraction of sp³-hybridized carbons (Fsp3) is 0.571. The second-order valence-electron chi connectivity index (χ2n) is 4.64. The number of phenols is 1. The van der Waals surface area contributed by atoms with E-state index in [2.05, 4.69) is 0 Å². The molecule has 1 aromatic carbocycles. The first-order valence-electron chi connectivity index (χ1n) is 6.51. The monoisotopic (exact) mass is 251 g/mol. The molecule has 1 aliphatic rings. The predicted molar refractivity (Wildman–Crippen MR) is 69.7 cm³/mol. The first-order valence-corrected chi connectivity index (χ1v) is 6.51. The second kappa shape index (κ2) is 6.07. The quantitative estimate of drug-likeness (QED) is 0.861.